The van der Waals surface area contributed by atoms with Gasteiger partial charge in [-0.2, -0.15) is 0 Å². The van der Waals surface area contributed by atoms with E-state index in [4.69, 9.17) is 0 Å². The van der Waals surface area contributed by atoms with Crippen molar-refractivity contribution in [3.63, 3.8) is 0 Å². The topological polar surface area (TPSA) is 106 Å². The predicted molar refractivity (Wildman–Crippen MR) is 138 cm³/mol. The second-order valence-electron chi connectivity index (χ2n) is 5.09. The summed E-state index contributed by atoms with van der Waals surface area (Å²) in [5, 5.41) is 0. The maximum Gasteiger partial charge on any atom is 0.0847 e. The van der Waals surface area contributed by atoms with Crippen LogP contribution in [-0.4, -0.2) is 29.9 Å². The molecule has 5 heterocycles. The minimum absolute atomic E-state index is 0. The maximum atomic E-state index is 4.37. The van der Waals surface area contributed by atoms with E-state index in [-0.39, 0.29) is 46.8 Å². The molecule has 0 saturated heterocycles. The van der Waals surface area contributed by atoms with Crippen molar-refractivity contribution in [3.8, 4) is 0 Å². The van der Waals surface area contributed by atoms with Gasteiger partial charge in [-0.15, -0.1) is 0 Å². The Morgan fingerprint density at radius 3 is 0.848 bits per heavy atom. The van der Waals surface area contributed by atoms with Crippen LogP contribution in [0.1, 0.15) is 80.7 Å². The summed E-state index contributed by atoms with van der Waals surface area (Å²) in [7, 11) is 0. The van der Waals surface area contributed by atoms with Gasteiger partial charge in [0.1, 0.15) is 0 Å². The maximum absolute atomic E-state index is 4.37. The molecule has 2 aliphatic heterocycles. The average molecular weight is 500 g/mol. The van der Waals surface area contributed by atoms with E-state index in [1.54, 1.807) is 48.6 Å². The predicted octanol–water partition coefficient (Wildman–Crippen LogP) is 6.09. The third-order valence-corrected chi connectivity index (χ3v) is 3.36. The van der Waals surface area contributed by atoms with Crippen molar-refractivity contribution in [2.45, 2.75) is 57.4 Å². The second-order valence-corrected chi connectivity index (χ2v) is 5.09. The summed E-state index contributed by atoms with van der Waals surface area (Å²) >= 11 is 0. The van der Waals surface area contributed by atoms with E-state index in [9.17, 15) is 0 Å². The smallest absolute Gasteiger partial charge is 0.0847 e. The van der Waals surface area contributed by atoms with Crippen LogP contribution in [0.15, 0.2) is 24.3 Å². The molecule has 0 atom stereocenters. The van der Waals surface area contributed by atoms with Crippen LogP contribution < -0.4 is 9.97 Å². The van der Waals surface area contributed by atoms with Gasteiger partial charge in [-0.05, 0) is 48.6 Å². The Hall–Kier alpha value is -3.16. The molecule has 3 aromatic rings. The number of nitrogens with zero attached hydrogens (tertiary/aromatic N) is 8. The number of rotatable bonds is 0. The average Bonchev–Trinajstić information content (AvgIpc) is 3.51. The van der Waals surface area contributed by atoms with Gasteiger partial charge in [0, 0.05) is 39.7 Å². The zero-order valence-corrected chi connectivity index (χ0v) is 17.4. The molecule has 0 fully saturated rings. The third-order valence-electron chi connectivity index (χ3n) is 3.36. The Labute approximate surface area is 208 Å². The largest absolute Gasteiger partial charge is 0.358 e. The summed E-state index contributed by atoms with van der Waals surface area (Å²) in [5.74, 6) is 2.15. The van der Waals surface area contributed by atoms with Crippen LogP contribution in [0.25, 0.3) is 46.9 Å². The first-order valence-electron chi connectivity index (χ1n) is 9.22. The molecule has 2 aliphatic rings. The minimum atomic E-state index is 0. The molecule has 0 N–H and O–H groups in total. The Balaban J connectivity index is -0.000000953. The van der Waals surface area contributed by atoms with E-state index >= 15 is 0 Å². The van der Waals surface area contributed by atoms with Gasteiger partial charge < -0.3 is 29.9 Å². The Morgan fingerprint density at radius 2 is 0.636 bits per heavy atom. The van der Waals surface area contributed by atoms with Crippen LogP contribution >= 0.6 is 0 Å². The first kappa shape index (κ1) is 34.5. The van der Waals surface area contributed by atoms with E-state index in [0.29, 0.717) is 45.9 Å². The minimum Gasteiger partial charge on any atom is -0.358 e. The molecule has 33 heavy (non-hydrogen) atoms. The summed E-state index contributed by atoms with van der Waals surface area (Å²) in [6.45, 7) is 8.00. The Kier molecular flexibility index (Phi) is 17.2. The van der Waals surface area contributed by atoms with Gasteiger partial charge in [0.05, 0.1) is 23.3 Å². The van der Waals surface area contributed by atoms with Crippen LogP contribution in [-0.2, 0) is 17.1 Å². The van der Waals surface area contributed by atoms with E-state index in [2.05, 4.69) is 39.9 Å². The number of fused-ring (bicyclic) bond motifs is 8. The Morgan fingerprint density at radius 1 is 0.424 bits per heavy atom. The standard InChI is InChI=1S/C16H8N8.2C2H6.4CH4.Cu/c1-2-10-17-9(1)21-11-3-4-13(18-11)23-15-7-8-16(20-15)24-14-6-5-12(19-14)22-10;2*1-2;;;;;/h1-8H;2*1-2H3;4*1H4;/q-2;;;;;;;. The fourth-order valence-electron chi connectivity index (χ4n) is 2.33. The van der Waals surface area contributed by atoms with Crippen molar-refractivity contribution in [1.29, 1.82) is 0 Å². The van der Waals surface area contributed by atoms with Crippen LogP contribution in [0.5, 0.6) is 0 Å². The summed E-state index contributed by atoms with van der Waals surface area (Å²) in [6.07, 6.45) is 7.12. The third kappa shape index (κ3) is 8.71. The van der Waals surface area contributed by atoms with Gasteiger partial charge >= 0.3 is 0 Å². The number of hydrogen-bond donors (Lipinski definition) is 0. The van der Waals surface area contributed by atoms with Crippen molar-refractivity contribution in [1.82, 2.24) is 39.9 Å². The molecule has 0 saturated carbocycles. The fraction of sp³-hybridized carbons (Fsp3) is 0.333. The molecule has 0 aromatic carbocycles. The molecular weight excluding hydrogens is 464 g/mol. The quantitative estimate of drug-likeness (QED) is 0.236. The molecule has 9 heteroatoms. The molecule has 8 nitrogen and oxygen atoms in total. The van der Waals surface area contributed by atoms with Crippen molar-refractivity contribution >= 4 is 46.9 Å². The summed E-state index contributed by atoms with van der Waals surface area (Å²) in [5.41, 5.74) is 2.15. The molecule has 5 rings (SSSR count). The van der Waals surface area contributed by atoms with Gasteiger partial charge in [0.2, 0.25) is 0 Å². The van der Waals surface area contributed by atoms with Crippen LogP contribution in [0.4, 0.5) is 0 Å². The van der Waals surface area contributed by atoms with Crippen molar-refractivity contribution < 1.29 is 17.1 Å². The second kappa shape index (κ2) is 16.5. The molecule has 8 bridgehead atoms. The first-order valence-corrected chi connectivity index (χ1v) is 9.22. The molecule has 0 amide bonds. The molecular formula is C24H36CuN8-2. The van der Waals surface area contributed by atoms with Crippen molar-refractivity contribution in [2.75, 3.05) is 0 Å². The van der Waals surface area contributed by atoms with Crippen LogP contribution in [0, 0.1) is 0 Å². The normalized spacial score (nSPS) is 9.58. The summed E-state index contributed by atoms with van der Waals surface area (Å²) in [4.78, 5) is 34.8. The van der Waals surface area contributed by atoms with E-state index in [1.165, 1.54) is 0 Å². The van der Waals surface area contributed by atoms with E-state index in [0.717, 1.165) is 0 Å². The molecule has 0 unspecified atom stereocenters. The van der Waals surface area contributed by atoms with Gasteiger partial charge in [0.25, 0.3) is 0 Å². The number of aromatic nitrogens is 8. The molecule has 3 aromatic heterocycles. The van der Waals surface area contributed by atoms with E-state index in [1.807, 2.05) is 27.7 Å². The molecule has 185 valence electrons. The zero-order chi connectivity index (χ0) is 19.9. The molecule has 0 aliphatic carbocycles. The van der Waals surface area contributed by atoms with Gasteiger partial charge in [0.15, 0.2) is 0 Å². The zero-order valence-electron chi connectivity index (χ0n) is 16.5. The van der Waals surface area contributed by atoms with Gasteiger partial charge in [-0.3, -0.25) is 0 Å². The van der Waals surface area contributed by atoms with Gasteiger partial charge in [-0.1, -0.05) is 57.4 Å². The molecule has 0 spiro atoms. The summed E-state index contributed by atoms with van der Waals surface area (Å²) < 4.78 is 0. The van der Waals surface area contributed by atoms with Crippen molar-refractivity contribution in [3.05, 3.63) is 47.6 Å². The summed E-state index contributed by atoms with van der Waals surface area (Å²) in [6, 6.07) is 7.12. The van der Waals surface area contributed by atoms with Crippen molar-refractivity contribution in [2.24, 2.45) is 0 Å². The van der Waals surface area contributed by atoms with Gasteiger partial charge in [-0.25, -0.2) is 9.97 Å². The van der Waals surface area contributed by atoms with E-state index < -0.39 is 0 Å². The molecule has 1 radical (unpaired) electrons. The monoisotopic (exact) mass is 499 g/mol. The first-order chi connectivity index (χ1) is 13.8. The fourth-order valence-corrected chi connectivity index (χ4v) is 2.33. The van der Waals surface area contributed by atoms with Crippen LogP contribution in [0.2, 0.25) is 0 Å². The SMILES string of the molecule is C.C.C.C.C1=Cc2nc1nc1ccc(nc3nc(nc4ccc(n2)[n-]4)C=C3)[n-]1.CC.CC.[Cu]. The number of hydrogen-bond acceptors (Lipinski definition) is 6. The van der Waals surface area contributed by atoms with Crippen LogP contribution in [0.3, 0.4) is 0 Å². The Bertz CT molecular complexity index is 1000.